The van der Waals surface area contributed by atoms with Crippen molar-refractivity contribution in [1.29, 1.82) is 0 Å². The molecule has 8 nitrogen and oxygen atoms in total. The lowest BCUT2D eigenvalue weighted by atomic mass is 10.1. The van der Waals surface area contributed by atoms with Crippen LogP contribution in [0.4, 0.5) is 0 Å². The number of aliphatic carboxylic acids is 1. The molecule has 0 aliphatic heterocycles. The Morgan fingerprint density at radius 2 is 1.94 bits per heavy atom. The molecule has 3 atom stereocenters. The maximum atomic E-state index is 10.9. The number of rotatable bonds is 9. The van der Waals surface area contributed by atoms with Gasteiger partial charge in [0.15, 0.2) is 6.29 Å². The minimum atomic E-state index is -4.37. The number of nitrogens with one attached hydrogen (secondary N) is 1. The van der Waals surface area contributed by atoms with Crippen molar-refractivity contribution in [2.45, 2.75) is 45.1 Å². The fourth-order valence-electron chi connectivity index (χ4n) is 1.29. The topological polar surface area (TPSA) is 139 Å². The maximum Gasteiger partial charge on any atom is 0.339 e. The fraction of sp³-hybridized carbons (Fsp3) is 0.889. The third-order valence-electron chi connectivity index (χ3n) is 2.23. The molecule has 0 saturated carbocycles. The third kappa shape index (κ3) is 7.05. The lowest BCUT2D eigenvalue weighted by Gasteiger charge is -2.29. The Morgan fingerprint density at radius 3 is 2.28 bits per heavy atom. The van der Waals surface area contributed by atoms with Crippen LogP contribution in [-0.4, -0.2) is 45.6 Å². The summed E-state index contributed by atoms with van der Waals surface area (Å²) in [5.74, 6) is -1.54. The molecule has 18 heavy (non-hydrogen) atoms. The molecule has 0 bridgehead atoms. The minimum Gasteiger partial charge on any atom is -0.548 e. The molecule has 0 saturated heterocycles. The number of aliphatic hydroxyl groups excluding tert-OH is 1. The van der Waals surface area contributed by atoms with Crippen LogP contribution < -0.4 is 10.4 Å². The first-order valence-electron chi connectivity index (χ1n) is 5.53. The normalized spacial score (nSPS) is 17.2. The van der Waals surface area contributed by atoms with E-state index in [0.29, 0.717) is 0 Å². The summed E-state index contributed by atoms with van der Waals surface area (Å²) in [5, 5.41) is 22.4. The number of carbonyl (C=O) groups excluding carboxylic acids is 1. The van der Waals surface area contributed by atoms with Crippen molar-refractivity contribution in [2.75, 3.05) is 6.29 Å². The zero-order valence-corrected chi connectivity index (χ0v) is 11.2. The highest BCUT2D eigenvalue weighted by atomic mass is 31.2. The molecule has 0 amide bonds. The van der Waals surface area contributed by atoms with Gasteiger partial charge in [0, 0.05) is 0 Å². The molecule has 9 heteroatoms. The lowest BCUT2D eigenvalue weighted by molar-refractivity contribution is -0.312. The Balaban J connectivity index is 4.63. The van der Waals surface area contributed by atoms with E-state index in [9.17, 15) is 19.6 Å². The Hall–Kier alpha value is -0.500. The molecule has 0 heterocycles. The molecule has 0 rings (SSSR count). The van der Waals surface area contributed by atoms with Crippen LogP contribution in [0, 0.1) is 0 Å². The van der Waals surface area contributed by atoms with Gasteiger partial charge in [0.05, 0.1) is 24.4 Å². The van der Waals surface area contributed by atoms with Crippen LogP contribution in [-0.2, 0) is 14.1 Å². The first-order valence-corrected chi connectivity index (χ1v) is 7.33. The second-order valence-electron chi connectivity index (χ2n) is 3.77. The van der Waals surface area contributed by atoms with Crippen LogP contribution >= 0.6 is 7.60 Å². The van der Waals surface area contributed by atoms with Crippen LogP contribution in [0.15, 0.2) is 0 Å². The first-order chi connectivity index (χ1) is 8.21. The summed E-state index contributed by atoms with van der Waals surface area (Å²) >= 11 is 0. The van der Waals surface area contributed by atoms with E-state index >= 15 is 0 Å². The van der Waals surface area contributed by atoms with Gasteiger partial charge in [-0.1, -0.05) is 13.8 Å². The van der Waals surface area contributed by atoms with Gasteiger partial charge in [0.1, 0.15) is 0 Å². The van der Waals surface area contributed by atoms with Crippen LogP contribution in [0.25, 0.3) is 0 Å². The van der Waals surface area contributed by atoms with E-state index in [2.05, 4.69) is 5.32 Å². The Bertz CT molecular complexity index is 305. The van der Waals surface area contributed by atoms with Gasteiger partial charge in [0.25, 0.3) is 0 Å². The first kappa shape index (κ1) is 17.5. The quantitative estimate of drug-likeness (QED) is 0.292. The van der Waals surface area contributed by atoms with Gasteiger partial charge in [-0.15, -0.1) is 0 Å². The van der Waals surface area contributed by atoms with E-state index in [1.807, 2.05) is 0 Å². The second-order valence-corrected chi connectivity index (χ2v) is 5.41. The van der Waals surface area contributed by atoms with E-state index in [4.69, 9.17) is 14.5 Å². The average molecular weight is 284 g/mol. The van der Waals surface area contributed by atoms with E-state index < -0.39 is 38.3 Å². The molecule has 108 valence electrons. The molecule has 0 radical (unpaired) electrons. The minimum absolute atomic E-state index is 0.240. The third-order valence-corrected chi connectivity index (χ3v) is 2.82. The average Bonchev–Trinajstić information content (AvgIpc) is 2.25. The SMILES string of the molecule is CCC(O)OC(CC)C(NCP(=O)(O)O)C(=O)[O-]. The predicted octanol–water partition coefficient (Wildman–Crippen LogP) is -1.65. The van der Waals surface area contributed by atoms with Gasteiger partial charge >= 0.3 is 7.60 Å². The Kier molecular flexibility index (Phi) is 7.61. The van der Waals surface area contributed by atoms with Crippen molar-refractivity contribution >= 4 is 13.6 Å². The predicted molar refractivity (Wildman–Crippen MR) is 60.3 cm³/mol. The number of carbonyl (C=O) groups is 1. The Morgan fingerprint density at radius 1 is 1.39 bits per heavy atom. The van der Waals surface area contributed by atoms with E-state index in [1.165, 1.54) is 0 Å². The van der Waals surface area contributed by atoms with E-state index in [0.717, 1.165) is 0 Å². The molecule has 0 aromatic heterocycles. The number of ether oxygens (including phenoxy) is 1. The van der Waals surface area contributed by atoms with Crippen LogP contribution in [0.3, 0.4) is 0 Å². The molecule has 0 fully saturated rings. The molecule has 0 aliphatic carbocycles. The molecular formula is C9H19NO7P-. The zero-order valence-electron chi connectivity index (χ0n) is 10.3. The largest absolute Gasteiger partial charge is 0.548 e. The van der Waals surface area contributed by atoms with Gasteiger partial charge in [-0.25, -0.2) is 0 Å². The van der Waals surface area contributed by atoms with E-state index in [1.54, 1.807) is 13.8 Å². The van der Waals surface area contributed by atoms with Crippen LogP contribution in [0.2, 0.25) is 0 Å². The summed E-state index contributed by atoms with van der Waals surface area (Å²) in [5.41, 5.74) is 0. The summed E-state index contributed by atoms with van der Waals surface area (Å²) < 4.78 is 15.7. The lowest BCUT2D eigenvalue weighted by Crippen LogP contribution is -2.54. The van der Waals surface area contributed by atoms with Crippen LogP contribution in [0.1, 0.15) is 26.7 Å². The summed E-state index contributed by atoms with van der Waals surface area (Å²) in [4.78, 5) is 28.3. The molecule has 0 spiro atoms. The number of carboxylic acid groups (broad SMARTS) is 1. The summed E-state index contributed by atoms with van der Waals surface area (Å²) in [6.07, 6.45) is -2.35. The molecular weight excluding hydrogens is 265 g/mol. The Labute approximate surface area is 105 Å². The standard InChI is InChI=1S/C9H20NO7P/c1-3-6(17-7(11)4-2)8(9(12)13)10-5-18(14,15)16/h6-8,10-11H,3-5H2,1-2H3,(H,12,13)(H2,14,15,16)/p-1. The smallest absolute Gasteiger partial charge is 0.339 e. The summed E-state index contributed by atoms with van der Waals surface area (Å²) in [6.45, 7) is 3.27. The maximum absolute atomic E-state index is 10.9. The summed E-state index contributed by atoms with van der Waals surface area (Å²) in [7, 11) is -4.37. The zero-order chi connectivity index (χ0) is 14.3. The van der Waals surface area contributed by atoms with Gasteiger partial charge in [-0.2, -0.15) is 0 Å². The molecule has 0 aliphatic rings. The highest BCUT2D eigenvalue weighted by molar-refractivity contribution is 7.51. The number of hydrogen-bond acceptors (Lipinski definition) is 6. The molecule has 4 N–H and O–H groups in total. The van der Waals surface area contributed by atoms with Gasteiger partial charge in [-0.3, -0.25) is 9.88 Å². The fourth-order valence-corrected chi connectivity index (χ4v) is 1.73. The second kappa shape index (κ2) is 7.83. The van der Waals surface area contributed by atoms with Gasteiger partial charge in [-0.05, 0) is 12.8 Å². The molecule has 0 aromatic carbocycles. The van der Waals surface area contributed by atoms with Crippen molar-refractivity contribution in [2.24, 2.45) is 0 Å². The number of aliphatic hydroxyl groups is 1. The van der Waals surface area contributed by atoms with Gasteiger partial charge < -0.3 is 29.5 Å². The molecule has 3 unspecified atom stereocenters. The van der Waals surface area contributed by atoms with Crippen molar-refractivity contribution < 1.29 is 34.1 Å². The van der Waals surface area contributed by atoms with Crippen LogP contribution in [0.5, 0.6) is 0 Å². The van der Waals surface area contributed by atoms with Crippen molar-refractivity contribution in [3.05, 3.63) is 0 Å². The van der Waals surface area contributed by atoms with Crippen molar-refractivity contribution in [1.82, 2.24) is 5.32 Å². The number of hydrogen-bond donors (Lipinski definition) is 4. The molecule has 0 aromatic rings. The number of carboxylic acids is 1. The van der Waals surface area contributed by atoms with Gasteiger partial charge in [0.2, 0.25) is 0 Å². The highest BCUT2D eigenvalue weighted by Crippen LogP contribution is 2.32. The van der Waals surface area contributed by atoms with Crippen molar-refractivity contribution in [3.8, 4) is 0 Å². The van der Waals surface area contributed by atoms with Crippen molar-refractivity contribution in [3.63, 3.8) is 0 Å². The monoisotopic (exact) mass is 284 g/mol. The highest BCUT2D eigenvalue weighted by Gasteiger charge is 2.26. The summed E-state index contributed by atoms with van der Waals surface area (Å²) in [6, 6.07) is -1.40. The van der Waals surface area contributed by atoms with E-state index in [-0.39, 0.29) is 12.8 Å².